The second kappa shape index (κ2) is 7.32. The topological polar surface area (TPSA) is 62.4 Å². The number of aryl methyl sites for hydroxylation is 1. The third-order valence-corrected chi connectivity index (χ3v) is 5.72. The highest BCUT2D eigenvalue weighted by molar-refractivity contribution is 6.27. The van der Waals surface area contributed by atoms with E-state index in [4.69, 9.17) is 16.3 Å². The van der Waals surface area contributed by atoms with Gasteiger partial charge in [-0.05, 0) is 29.7 Å². The Hall–Kier alpha value is -2.79. The van der Waals surface area contributed by atoms with Crippen molar-refractivity contribution in [3.05, 3.63) is 70.9 Å². The van der Waals surface area contributed by atoms with Gasteiger partial charge >= 0.3 is 5.97 Å². The number of nitrogens with one attached hydrogen (secondary N) is 1. The number of rotatable bonds is 3. The van der Waals surface area contributed by atoms with Gasteiger partial charge in [-0.25, -0.2) is 4.79 Å². The van der Waals surface area contributed by atoms with Crippen LogP contribution in [0.2, 0.25) is 0 Å². The number of aromatic amines is 1. The van der Waals surface area contributed by atoms with E-state index < -0.39 is 18.1 Å². The molecule has 28 heavy (non-hydrogen) atoms. The molecule has 0 saturated carbocycles. The van der Waals surface area contributed by atoms with Crippen molar-refractivity contribution < 1.29 is 14.3 Å². The zero-order valence-corrected chi connectivity index (χ0v) is 16.5. The number of carbonyl (C=O) groups is 2. The third-order valence-electron chi connectivity index (χ3n) is 5.49. The monoisotopic (exact) mass is 396 g/mol. The number of amides is 1. The summed E-state index contributed by atoms with van der Waals surface area (Å²) in [7, 11) is 1.35. The summed E-state index contributed by atoms with van der Waals surface area (Å²) in [5.41, 5.74) is 4.94. The minimum absolute atomic E-state index is 0.203. The van der Waals surface area contributed by atoms with Gasteiger partial charge in [0.05, 0.1) is 13.2 Å². The quantitative estimate of drug-likeness (QED) is 0.542. The molecular formula is C22H21ClN2O3. The lowest BCUT2D eigenvalue weighted by atomic mass is 9.86. The average molecular weight is 397 g/mol. The predicted molar refractivity (Wildman–Crippen MR) is 108 cm³/mol. The fourth-order valence-corrected chi connectivity index (χ4v) is 4.34. The normalized spacial score (nSPS) is 18.8. The predicted octanol–water partition coefficient (Wildman–Crippen LogP) is 3.73. The summed E-state index contributed by atoms with van der Waals surface area (Å²) in [6, 6.07) is 14.7. The highest BCUT2D eigenvalue weighted by atomic mass is 35.5. The standard InChI is InChI=1S/C22H21ClN2O3/c1-13-7-3-4-8-14(13)21-20-16(15-9-5-6-10-17(15)24-20)11-18(22(27)28-2)25(21)19(26)12-23/h3-10,18,21,24H,11-12H2,1-2H3. The Morgan fingerprint density at radius 3 is 2.61 bits per heavy atom. The molecule has 1 aromatic heterocycles. The summed E-state index contributed by atoms with van der Waals surface area (Å²) in [4.78, 5) is 30.6. The Balaban J connectivity index is 2.01. The summed E-state index contributed by atoms with van der Waals surface area (Å²) in [5.74, 6) is -0.937. The van der Waals surface area contributed by atoms with Crippen molar-refractivity contribution in [2.24, 2.45) is 0 Å². The Morgan fingerprint density at radius 2 is 1.89 bits per heavy atom. The van der Waals surface area contributed by atoms with Crippen LogP contribution < -0.4 is 0 Å². The molecule has 5 nitrogen and oxygen atoms in total. The van der Waals surface area contributed by atoms with Gasteiger partial charge in [0.15, 0.2) is 0 Å². The first-order chi connectivity index (χ1) is 13.6. The highest BCUT2D eigenvalue weighted by Gasteiger charge is 2.44. The molecule has 0 aliphatic carbocycles. The van der Waals surface area contributed by atoms with Crippen LogP contribution in [0.4, 0.5) is 0 Å². The second-order valence-corrected chi connectivity index (χ2v) is 7.27. The molecule has 1 N–H and O–H groups in total. The molecule has 1 aliphatic heterocycles. The molecular weight excluding hydrogens is 376 g/mol. The smallest absolute Gasteiger partial charge is 0.328 e. The number of para-hydroxylation sites is 1. The maximum absolute atomic E-state index is 12.9. The van der Waals surface area contributed by atoms with E-state index in [-0.39, 0.29) is 11.8 Å². The minimum atomic E-state index is -0.729. The van der Waals surface area contributed by atoms with E-state index in [0.29, 0.717) is 6.42 Å². The second-order valence-electron chi connectivity index (χ2n) is 7.00. The number of fused-ring (bicyclic) bond motifs is 3. The first kappa shape index (κ1) is 18.6. The number of H-pyrrole nitrogens is 1. The summed E-state index contributed by atoms with van der Waals surface area (Å²) >= 11 is 5.94. The number of esters is 1. The molecule has 2 aromatic carbocycles. The van der Waals surface area contributed by atoms with Crippen LogP contribution in [0.15, 0.2) is 48.5 Å². The molecule has 0 saturated heterocycles. The van der Waals surface area contributed by atoms with Gasteiger partial charge < -0.3 is 14.6 Å². The number of hydrogen-bond acceptors (Lipinski definition) is 3. The molecule has 1 amide bonds. The fraction of sp³-hybridized carbons (Fsp3) is 0.273. The molecule has 2 heterocycles. The van der Waals surface area contributed by atoms with Gasteiger partial charge in [-0.3, -0.25) is 4.79 Å². The number of aromatic nitrogens is 1. The zero-order chi connectivity index (χ0) is 19.8. The van der Waals surface area contributed by atoms with Crippen molar-refractivity contribution in [1.29, 1.82) is 0 Å². The van der Waals surface area contributed by atoms with Gasteiger partial charge in [-0.1, -0.05) is 42.5 Å². The summed E-state index contributed by atoms with van der Waals surface area (Å²) < 4.78 is 5.05. The SMILES string of the molecule is COC(=O)C1Cc2c([nH]c3ccccc23)C(c2ccccc2C)N1C(=O)CCl. The highest BCUT2D eigenvalue weighted by Crippen LogP contribution is 2.42. The number of hydrogen-bond donors (Lipinski definition) is 1. The summed E-state index contributed by atoms with van der Waals surface area (Å²) in [6.45, 7) is 2.00. The van der Waals surface area contributed by atoms with Crippen LogP contribution in [0.25, 0.3) is 10.9 Å². The van der Waals surface area contributed by atoms with Crippen molar-refractivity contribution in [2.75, 3.05) is 13.0 Å². The van der Waals surface area contributed by atoms with Crippen molar-refractivity contribution in [1.82, 2.24) is 9.88 Å². The Morgan fingerprint density at radius 1 is 1.18 bits per heavy atom. The van der Waals surface area contributed by atoms with Gasteiger partial charge in [-0.2, -0.15) is 0 Å². The molecule has 0 bridgehead atoms. The van der Waals surface area contributed by atoms with E-state index in [1.54, 1.807) is 4.90 Å². The molecule has 6 heteroatoms. The van der Waals surface area contributed by atoms with Crippen LogP contribution in [-0.4, -0.2) is 40.8 Å². The molecule has 0 fully saturated rings. The molecule has 0 spiro atoms. The Kier molecular flexibility index (Phi) is 4.85. The van der Waals surface area contributed by atoms with E-state index in [2.05, 4.69) is 4.98 Å². The van der Waals surface area contributed by atoms with Crippen LogP contribution in [0, 0.1) is 6.92 Å². The number of nitrogens with zero attached hydrogens (tertiary/aromatic N) is 1. The maximum atomic E-state index is 12.9. The van der Waals surface area contributed by atoms with Crippen LogP contribution >= 0.6 is 11.6 Å². The lowest BCUT2D eigenvalue weighted by molar-refractivity contribution is -0.154. The average Bonchev–Trinajstić information content (AvgIpc) is 3.10. The summed E-state index contributed by atoms with van der Waals surface area (Å²) in [5, 5.41) is 1.06. The first-order valence-corrected chi connectivity index (χ1v) is 9.70. The van der Waals surface area contributed by atoms with Gasteiger partial charge in [-0.15, -0.1) is 11.6 Å². The van der Waals surface area contributed by atoms with Gasteiger partial charge in [0.2, 0.25) is 5.91 Å². The van der Waals surface area contributed by atoms with Gasteiger partial charge in [0, 0.05) is 23.0 Å². The maximum Gasteiger partial charge on any atom is 0.328 e. The largest absolute Gasteiger partial charge is 0.467 e. The Bertz CT molecular complexity index is 1060. The first-order valence-electron chi connectivity index (χ1n) is 9.16. The minimum Gasteiger partial charge on any atom is -0.467 e. The number of methoxy groups -OCH3 is 1. The number of benzene rings is 2. The van der Waals surface area contributed by atoms with Crippen molar-refractivity contribution in [3.8, 4) is 0 Å². The molecule has 3 aromatic rings. The van der Waals surface area contributed by atoms with Gasteiger partial charge in [0.25, 0.3) is 0 Å². The van der Waals surface area contributed by atoms with E-state index in [0.717, 1.165) is 33.3 Å². The van der Waals surface area contributed by atoms with Gasteiger partial charge in [0.1, 0.15) is 11.9 Å². The van der Waals surface area contributed by atoms with Crippen LogP contribution in [0.5, 0.6) is 0 Å². The van der Waals surface area contributed by atoms with Crippen LogP contribution in [0.3, 0.4) is 0 Å². The van der Waals surface area contributed by atoms with E-state index in [1.807, 2.05) is 55.5 Å². The van der Waals surface area contributed by atoms with E-state index >= 15 is 0 Å². The molecule has 2 unspecified atom stereocenters. The third kappa shape index (κ3) is 2.87. The van der Waals surface area contributed by atoms with E-state index in [9.17, 15) is 9.59 Å². The molecule has 2 atom stereocenters. The zero-order valence-electron chi connectivity index (χ0n) is 15.7. The number of carbonyl (C=O) groups excluding carboxylic acids is 2. The van der Waals surface area contributed by atoms with Crippen molar-refractivity contribution in [3.63, 3.8) is 0 Å². The van der Waals surface area contributed by atoms with Crippen molar-refractivity contribution in [2.45, 2.75) is 25.4 Å². The van der Waals surface area contributed by atoms with Crippen molar-refractivity contribution >= 4 is 34.4 Å². The fourth-order valence-electron chi connectivity index (χ4n) is 4.20. The molecule has 4 rings (SSSR count). The molecule has 1 aliphatic rings. The van der Waals surface area contributed by atoms with E-state index in [1.165, 1.54) is 7.11 Å². The lowest BCUT2D eigenvalue weighted by Gasteiger charge is -2.41. The Labute approximate surface area is 168 Å². The van der Waals surface area contributed by atoms with Crippen LogP contribution in [0.1, 0.15) is 28.4 Å². The molecule has 144 valence electrons. The number of ether oxygens (including phenoxy) is 1. The summed E-state index contributed by atoms with van der Waals surface area (Å²) in [6.07, 6.45) is 0.386. The number of halogens is 1. The van der Waals surface area contributed by atoms with Crippen LogP contribution in [-0.2, 0) is 20.7 Å². The lowest BCUT2D eigenvalue weighted by Crippen LogP contribution is -2.52. The molecule has 0 radical (unpaired) electrons. The number of alkyl halides is 1.